The van der Waals surface area contributed by atoms with Gasteiger partial charge in [0.05, 0.1) is 33.1 Å². The number of rotatable bonds is 9. The van der Waals surface area contributed by atoms with Gasteiger partial charge in [-0.3, -0.25) is 0 Å². The molecule has 7 heterocycles. The molecule has 0 spiro atoms. The Morgan fingerprint density at radius 2 is 0.451 bits per heavy atom. The van der Waals surface area contributed by atoms with Gasteiger partial charge in [0.15, 0.2) is 17.5 Å². The highest BCUT2D eigenvalue weighted by Crippen LogP contribution is 2.46. The highest BCUT2D eigenvalue weighted by atomic mass is 16.3. The van der Waals surface area contributed by atoms with Crippen LogP contribution in [-0.2, 0) is 0 Å². The molecule has 0 radical (unpaired) electrons. The van der Waals surface area contributed by atoms with Crippen LogP contribution in [0, 0.1) is 0 Å². The molecule has 0 N–H and O–H groups in total. The number of furan rings is 3. The van der Waals surface area contributed by atoms with Gasteiger partial charge in [-0.15, -0.1) is 0 Å². The molecule has 0 saturated heterocycles. The van der Waals surface area contributed by atoms with E-state index in [1.54, 1.807) is 0 Å². The number of fused-ring (bicyclic) bond motifs is 18. The van der Waals surface area contributed by atoms with Gasteiger partial charge < -0.3 is 27.0 Å². The third kappa shape index (κ3) is 8.49. The average molecular weight is 1300 g/mol. The van der Waals surface area contributed by atoms with E-state index in [9.17, 15) is 0 Å². The molecular weight excluding hydrogens is 1250 g/mol. The summed E-state index contributed by atoms with van der Waals surface area (Å²) < 4.78 is 26.1. The number of hydrogen-bond donors (Lipinski definition) is 0. The van der Waals surface area contributed by atoms with E-state index in [1.807, 2.05) is 36.4 Å². The molecule has 15 aromatic carbocycles. The van der Waals surface area contributed by atoms with Gasteiger partial charge in [0, 0.05) is 98.4 Å². The molecule has 0 atom stereocenters. The van der Waals surface area contributed by atoms with Crippen LogP contribution in [0.5, 0.6) is 0 Å². The lowest BCUT2D eigenvalue weighted by Gasteiger charge is -2.14. The molecule has 0 aliphatic carbocycles. The predicted octanol–water partition coefficient (Wildman–Crippen LogP) is 24.9. The Kier molecular flexibility index (Phi) is 12.0. The standard InChI is InChI=1S/C93H54N6O3/c1-7-34-76-70(28-1)88-64(55-43-46-85-73(52-55)67-25-4-10-40-82(67)100-85)31-16-37-79(88)97(76)61-22-13-19-58(49-61)91-94-92(59-20-14-23-62(50-59)98-77-35-8-2-29-71(77)89-65(32-17-38-80(89)98)56-44-47-86-74(53-56)68-26-5-11-41-83(68)101-86)96-93(95-91)60-21-15-24-63(51-60)99-78-36-9-3-30-72(78)90-66(33-18-39-81(90)99)57-45-48-87-75(54-57)69-27-6-12-42-84(69)102-87/h1-54H. The van der Waals surface area contributed by atoms with Gasteiger partial charge in [0.1, 0.15) is 33.5 Å². The molecule has 22 aromatic rings. The minimum Gasteiger partial charge on any atom is -0.456 e. The molecule has 22 rings (SSSR count). The highest BCUT2D eigenvalue weighted by molar-refractivity contribution is 6.20. The van der Waals surface area contributed by atoms with Crippen LogP contribution in [0.2, 0.25) is 0 Å². The second-order valence-electron chi connectivity index (χ2n) is 26.5. The van der Waals surface area contributed by atoms with Crippen LogP contribution in [-0.4, -0.2) is 28.7 Å². The SMILES string of the molecule is c1cc(-c2nc(-c3cccc(-n4c5ccccc5c5c(-c6ccc7oc8ccccc8c7c6)cccc54)c3)nc(-c3cccc(-n4c5ccccc5c5c(-c6ccc7oc8ccccc8c7c6)cccc54)c3)n2)cc(-n2c3ccccc3c3c(-c4ccc5oc6ccccc6c5c4)cccc32)c1. The molecule has 102 heavy (non-hydrogen) atoms. The topological polar surface area (TPSA) is 92.9 Å². The fourth-order valence-corrected chi connectivity index (χ4v) is 16.4. The lowest BCUT2D eigenvalue weighted by Crippen LogP contribution is -2.02. The van der Waals surface area contributed by atoms with Crippen molar-refractivity contribution in [2.45, 2.75) is 0 Å². The zero-order valence-corrected chi connectivity index (χ0v) is 54.6. The summed E-state index contributed by atoms with van der Waals surface area (Å²) in [6.07, 6.45) is 0. The molecule has 0 aliphatic heterocycles. The van der Waals surface area contributed by atoms with E-state index in [0.29, 0.717) is 17.5 Å². The second-order valence-corrected chi connectivity index (χ2v) is 26.5. The van der Waals surface area contributed by atoms with Crippen LogP contribution >= 0.6 is 0 Å². The lowest BCUT2D eigenvalue weighted by atomic mass is 9.98. The summed E-state index contributed by atoms with van der Waals surface area (Å²) >= 11 is 0. The van der Waals surface area contributed by atoms with Crippen molar-refractivity contribution in [2.75, 3.05) is 0 Å². The Balaban J connectivity index is 0.716. The summed E-state index contributed by atoms with van der Waals surface area (Å²) in [6, 6.07) is 117. The highest BCUT2D eigenvalue weighted by Gasteiger charge is 2.24. The van der Waals surface area contributed by atoms with Crippen LogP contribution in [0.3, 0.4) is 0 Å². The number of hydrogen-bond acceptors (Lipinski definition) is 6. The molecule has 0 aliphatic rings. The van der Waals surface area contributed by atoms with E-state index in [1.165, 1.54) is 16.2 Å². The van der Waals surface area contributed by atoms with E-state index in [0.717, 1.165) is 182 Å². The summed E-state index contributed by atoms with van der Waals surface area (Å²) in [5.41, 5.74) is 24.1. The first kappa shape index (κ1) is 56.2. The maximum atomic E-state index is 6.31. The minimum atomic E-state index is 0.544. The molecular formula is C93H54N6O3. The molecule has 9 heteroatoms. The average Bonchev–Trinajstić information content (AvgIpc) is 1.58. The number of para-hydroxylation sites is 6. The Hall–Kier alpha value is -13.9. The Morgan fingerprint density at radius 3 is 0.775 bits per heavy atom. The summed E-state index contributed by atoms with van der Waals surface area (Å²) in [4.78, 5) is 16.6. The van der Waals surface area contributed by atoms with E-state index < -0.39 is 0 Å². The zero-order valence-electron chi connectivity index (χ0n) is 54.6. The van der Waals surface area contributed by atoms with E-state index in [-0.39, 0.29) is 0 Å². The first-order valence-corrected chi connectivity index (χ1v) is 34.5. The van der Waals surface area contributed by atoms with Crippen molar-refractivity contribution in [1.29, 1.82) is 0 Å². The van der Waals surface area contributed by atoms with E-state index in [4.69, 9.17) is 28.2 Å². The smallest absolute Gasteiger partial charge is 0.164 e. The summed E-state index contributed by atoms with van der Waals surface area (Å²) in [7, 11) is 0. The normalized spacial score (nSPS) is 12.1. The molecule has 0 saturated carbocycles. The van der Waals surface area contributed by atoms with Crippen molar-refractivity contribution >= 4 is 131 Å². The van der Waals surface area contributed by atoms with Gasteiger partial charge in [0.25, 0.3) is 0 Å². The van der Waals surface area contributed by atoms with Crippen LogP contribution in [0.25, 0.3) is 216 Å². The molecule has 0 unspecified atom stereocenters. The van der Waals surface area contributed by atoms with Crippen molar-refractivity contribution in [3.8, 4) is 84.6 Å². The lowest BCUT2D eigenvalue weighted by molar-refractivity contribution is 0.668. The van der Waals surface area contributed by atoms with Gasteiger partial charge in [-0.1, -0.05) is 200 Å². The van der Waals surface area contributed by atoms with Crippen molar-refractivity contribution in [3.05, 3.63) is 328 Å². The van der Waals surface area contributed by atoms with Crippen LogP contribution in [0.1, 0.15) is 0 Å². The van der Waals surface area contributed by atoms with Crippen molar-refractivity contribution in [3.63, 3.8) is 0 Å². The molecule has 7 aromatic heterocycles. The maximum absolute atomic E-state index is 6.31. The number of aromatic nitrogens is 6. The van der Waals surface area contributed by atoms with E-state index >= 15 is 0 Å². The first-order valence-electron chi connectivity index (χ1n) is 34.5. The quantitative estimate of drug-likeness (QED) is 0.143. The molecule has 474 valence electrons. The molecule has 0 fully saturated rings. The Labute approximate surface area is 581 Å². The monoisotopic (exact) mass is 1300 g/mol. The Bertz CT molecular complexity index is 6600. The van der Waals surface area contributed by atoms with Gasteiger partial charge in [-0.2, -0.15) is 0 Å². The minimum absolute atomic E-state index is 0.544. The van der Waals surface area contributed by atoms with Gasteiger partial charge in [0.2, 0.25) is 0 Å². The van der Waals surface area contributed by atoms with Crippen LogP contribution in [0.15, 0.2) is 341 Å². The van der Waals surface area contributed by atoms with Crippen LogP contribution < -0.4 is 0 Å². The van der Waals surface area contributed by atoms with E-state index in [2.05, 4.69) is 305 Å². The van der Waals surface area contributed by atoms with Gasteiger partial charge >= 0.3 is 0 Å². The fourth-order valence-electron chi connectivity index (χ4n) is 16.4. The summed E-state index contributed by atoms with van der Waals surface area (Å²) in [5.74, 6) is 1.63. The largest absolute Gasteiger partial charge is 0.456 e. The fraction of sp³-hybridized carbons (Fsp3) is 0. The van der Waals surface area contributed by atoms with Crippen molar-refractivity contribution in [2.24, 2.45) is 0 Å². The summed E-state index contributed by atoms with van der Waals surface area (Å²) in [5, 5.41) is 13.6. The van der Waals surface area contributed by atoms with Gasteiger partial charge in [-0.05, 0) is 161 Å². The zero-order chi connectivity index (χ0) is 66.7. The molecule has 9 nitrogen and oxygen atoms in total. The third-order valence-corrected chi connectivity index (χ3v) is 20.9. The summed E-state index contributed by atoms with van der Waals surface area (Å²) in [6.45, 7) is 0. The second kappa shape index (κ2) is 21.8. The number of nitrogens with zero attached hydrogens (tertiary/aromatic N) is 6. The van der Waals surface area contributed by atoms with Crippen molar-refractivity contribution < 1.29 is 13.3 Å². The van der Waals surface area contributed by atoms with Gasteiger partial charge in [-0.25, -0.2) is 15.0 Å². The van der Waals surface area contributed by atoms with Crippen molar-refractivity contribution in [1.82, 2.24) is 28.7 Å². The molecule has 0 amide bonds. The van der Waals surface area contributed by atoms with Crippen LogP contribution in [0.4, 0.5) is 0 Å². The first-order chi connectivity index (χ1) is 50.5. The molecule has 0 bridgehead atoms. The third-order valence-electron chi connectivity index (χ3n) is 20.9. The predicted molar refractivity (Wildman–Crippen MR) is 417 cm³/mol. The maximum Gasteiger partial charge on any atom is 0.164 e. The number of benzene rings is 15. The Morgan fingerprint density at radius 1 is 0.186 bits per heavy atom.